The number of hydrogen-bond donors (Lipinski definition) is 1. The fourth-order valence-electron chi connectivity index (χ4n) is 3.48. The van der Waals surface area contributed by atoms with Gasteiger partial charge >= 0.3 is 0 Å². The summed E-state index contributed by atoms with van der Waals surface area (Å²) in [6, 6.07) is 17.1. The van der Waals surface area contributed by atoms with Crippen molar-refractivity contribution in [3.63, 3.8) is 0 Å². The van der Waals surface area contributed by atoms with Crippen molar-refractivity contribution < 1.29 is 9.59 Å². The number of aliphatic imine (C=N–C) groups is 2. The van der Waals surface area contributed by atoms with Crippen molar-refractivity contribution in [3.05, 3.63) is 65.7 Å². The second-order valence-electron chi connectivity index (χ2n) is 7.31. The van der Waals surface area contributed by atoms with E-state index in [9.17, 15) is 9.59 Å². The Kier molecular flexibility index (Phi) is 5.99. The molecule has 7 heteroatoms. The van der Waals surface area contributed by atoms with Crippen LogP contribution in [0.5, 0.6) is 0 Å². The molecular weight excluding hydrogens is 396 g/mol. The van der Waals surface area contributed by atoms with Gasteiger partial charge in [-0.05, 0) is 31.0 Å². The van der Waals surface area contributed by atoms with Gasteiger partial charge in [-0.2, -0.15) is 0 Å². The summed E-state index contributed by atoms with van der Waals surface area (Å²) in [6.07, 6.45) is 1.58. The van der Waals surface area contributed by atoms with Crippen LogP contribution in [0.4, 0.5) is 5.69 Å². The molecule has 2 amide bonds. The van der Waals surface area contributed by atoms with Crippen LogP contribution in [0.2, 0.25) is 0 Å². The van der Waals surface area contributed by atoms with Crippen molar-refractivity contribution in [2.75, 3.05) is 0 Å². The first kappa shape index (κ1) is 20.3. The third-order valence-electron chi connectivity index (χ3n) is 5.07. The molecule has 0 unspecified atom stereocenters. The molecule has 2 aromatic rings. The standard InChI is InChI=1S/C23H24N4O2S/c1-3-9-19-22(29)27-20(25-19)17-12-7-8-13-18(17)26-23(27)30-15(2)21(28)24-14-16-10-5-4-6-11-16/h4-8,10-13,15,19H,3,9,14H2,1-2H3,(H,24,28)/t15-,19-/m0/s1. The van der Waals surface area contributed by atoms with Crippen LogP contribution >= 0.6 is 11.8 Å². The highest BCUT2D eigenvalue weighted by Crippen LogP contribution is 2.35. The Morgan fingerprint density at radius 3 is 2.67 bits per heavy atom. The quantitative estimate of drug-likeness (QED) is 0.771. The molecule has 2 aliphatic heterocycles. The molecule has 6 nitrogen and oxygen atoms in total. The first-order chi connectivity index (χ1) is 14.6. The topological polar surface area (TPSA) is 74.1 Å². The first-order valence-electron chi connectivity index (χ1n) is 10.2. The Balaban J connectivity index is 1.53. The van der Waals surface area contributed by atoms with E-state index in [-0.39, 0.29) is 17.9 Å². The van der Waals surface area contributed by atoms with Gasteiger partial charge in [-0.3, -0.25) is 14.6 Å². The van der Waals surface area contributed by atoms with Gasteiger partial charge < -0.3 is 5.32 Å². The molecule has 0 aliphatic carbocycles. The number of amides is 2. The Bertz CT molecular complexity index is 1020. The molecule has 0 fully saturated rings. The average Bonchev–Trinajstić information content (AvgIpc) is 3.10. The highest BCUT2D eigenvalue weighted by Gasteiger charge is 2.41. The number of nitrogens with zero attached hydrogens (tertiary/aromatic N) is 3. The van der Waals surface area contributed by atoms with E-state index < -0.39 is 5.25 Å². The molecule has 0 saturated heterocycles. The number of benzene rings is 2. The molecule has 4 rings (SSSR count). The summed E-state index contributed by atoms with van der Waals surface area (Å²) >= 11 is 1.29. The molecule has 0 spiro atoms. The molecule has 0 bridgehead atoms. The molecule has 2 atom stereocenters. The highest BCUT2D eigenvalue weighted by molar-refractivity contribution is 8.15. The van der Waals surface area contributed by atoms with Crippen LogP contribution < -0.4 is 5.32 Å². The van der Waals surface area contributed by atoms with Crippen molar-refractivity contribution >= 4 is 40.3 Å². The second-order valence-corrected chi connectivity index (χ2v) is 8.61. The van der Waals surface area contributed by atoms with E-state index >= 15 is 0 Å². The van der Waals surface area contributed by atoms with Gasteiger partial charge in [0, 0.05) is 12.1 Å². The van der Waals surface area contributed by atoms with E-state index in [0.717, 1.165) is 23.2 Å². The van der Waals surface area contributed by atoms with Gasteiger partial charge in [-0.15, -0.1) is 0 Å². The monoisotopic (exact) mass is 420 g/mol. The number of rotatable bonds is 6. The third kappa shape index (κ3) is 4.03. The number of para-hydroxylation sites is 1. The second kappa shape index (κ2) is 8.83. The summed E-state index contributed by atoms with van der Waals surface area (Å²) in [7, 11) is 0. The van der Waals surface area contributed by atoms with Gasteiger partial charge in [-0.25, -0.2) is 9.89 Å². The SMILES string of the molecule is CCC[C@@H]1N=C2c3ccccc3N=C(S[C@@H](C)C(=O)NCc3ccccc3)N2C1=O. The van der Waals surface area contributed by atoms with Gasteiger partial charge in [0.15, 0.2) is 5.17 Å². The van der Waals surface area contributed by atoms with Crippen molar-refractivity contribution in [2.24, 2.45) is 9.98 Å². The summed E-state index contributed by atoms with van der Waals surface area (Å²) in [5.41, 5.74) is 2.67. The zero-order valence-corrected chi connectivity index (χ0v) is 17.9. The Labute approximate surface area is 180 Å². The maximum absolute atomic E-state index is 13.0. The molecule has 1 N–H and O–H groups in total. The van der Waals surface area contributed by atoms with Gasteiger partial charge in [0.2, 0.25) is 5.91 Å². The highest BCUT2D eigenvalue weighted by atomic mass is 32.2. The largest absolute Gasteiger partial charge is 0.351 e. The summed E-state index contributed by atoms with van der Waals surface area (Å²) in [5, 5.41) is 3.07. The summed E-state index contributed by atoms with van der Waals surface area (Å²) < 4.78 is 0. The van der Waals surface area contributed by atoms with Crippen molar-refractivity contribution in [2.45, 2.75) is 44.5 Å². The lowest BCUT2D eigenvalue weighted by molar-refractivity contribution is -0.124. The zero-order valence-electron chi connectivity index (χ0n) is 17.0. The minimum atomic E-state index is -0.406. The molecular formula is C23H24N4O2S. The van der Waals surface area contributed by atoms with E-state index in [1.807, 2.05) is 68.4 Å². The molecule has 0 radical (unpaired) electrons. The van der Waals surface area contributed by atoms with Crippen LogP contribution in [-0.2, 0) is 16.1 Å². The van der Waals surface area contributed by atoms with E-state index in [2.05, 4.69) is 5.32 Å². The fraction of sp³-hybridized carbons (Fsp3) is 0.304. The summed E-state index contributed by atoms with van der Waals surface area (Å²) in [5.74, 6) is 0.480. The number of hydrogen-bond acceptors (Lipinski definition) is 5. The van der Waals surface area contributed by atoms with Crippen LogP contribution in [0.3, 0.4) is 0 Å². The van der Waals surface area contributed by atoms with Crippen LogP contribution in [0, 0.1) is 0 Å². The number of thioether (sulfide) groups is 1. The van der Waals surface area contributed by atoms with Crippen molar-refractivity contribution in [1.82, 2.24) is 10.2 Å². The Morgan fingerprint density at radius 1 is 1.17 bits per heavy atom. The van der Waals surface area contributed by atoms with Gasteiger partial charge in [-0.1, -0.05) is 67.6 Å². The lowest BCUT2D eigenvalue weighted by Gasteiger charge is -2.26. The smallest absolute Gasteiger partial charge is 0.259 e. The maximum Gasteiger partial charge on any atom is 0.259 e. The summed E-state index contributed by atoms with van der Waals surface area (Å²) in [6.45, 7) is 4.34. The number of carbonyl (C=O) groups excluding carboxylic acids is 2. The van der Waals surface area contributed by atoms with Crippen LogP contribution in [0.1, 0.15) is 37.8 Å². The zero-order chi connectivity index (χ0) is 21.1. The predicted octanol–water partition coefficient (Wildman–Crippen LogP) is 3.88. The van der Waals surface area contributed by atoms with Crippen LogP contribution in [0.15, 0.2) is 64.6 Å². The first-order valence-corrected chi connectivity index (χ1v) is 11.0. The minimum absolute atomic E-state index is 0.0653. The van der Waals surface area contributed by atoms with E-state index in [0.29, 0.717) is 24.0 Å². The lowest BCUT2D eigenvalue weighted by atomic mass is 10.1. The minimum Gasteiger partial charge on any atom is -0.351 e. The van der Waals surface area contributed by atoms with Gasteiger partial charge in [0.05, 0.1) is 10.9 Å². The normalized spacial score (nSPS) is 18.3. The molecule has 30 heavy (non-hydrogen) atoms. The fourth-order valence-corrected chi connectivity index (χ4v) is 4.42. The van der Waals surface area contributed by atoms with Crippen LogP contribution in [0.25, 0.3) is 0 Å². The third-order valence-corrected chi connectivity index (χ3v) is 6.12. The molecule has 2 heterocycles. The van der Waals surface area contributed by atoms with Crippen LogP contribution in [-0.4, -0.2) is 39.0 Å². The van der Waals surface area contributed by atoms with Crippen molar-refractivity contribution in [1.29, 1.82) is 0 Å². The van der Waals surface area contributed by atoms with Gasteiger partial charge in [0.1, 0.15) is 11.9 Å². The van der Waals surface area contributed by atoms with E-state index in [1.54, 1.807) is 4.90 Å². The lowest BCUT2D eigenvalue weighted by Crippen LogP contribution is -2.42. The molecule has 2 aromatic carbocycles. The number of nitrogens with one attached hydrogen (secondary N) is 1. The van der Waals surface area contributed by atoms with E-state index in [1.165, 1.54) is 11.8 Å². The average molecular weight is 421 g/mol. The number of carbonyl (C=O) groups is 2. The molecule has 2 aliphatic rings. The number of fused-ring (bicyclic) bond motifs is 3. The van der Waals surface area contributed by atoms with Gasteiger partial charge in [0.25, 0.3) is 5.91 Å². The molecule has 154 valence electrons. The molecule has 0 saturated carbocycles. The summed E-state index contributed by atoms with van der Waals surface area (Å²) in [4.78, 5) is 36.7. The Morgan fingerprint density at radius 2 is 1.90 bits per heavy atom. The predicted molar refractivity (Wildman–Crippen MR) is 121 cm³/mol. The van der Waals surface area contributed by atoms with E-state index in [4.69, 9.17) is 9.98 Å². The Hall–Kier alpha value is -2.93. The number of amidine groups is 2. The molecule has 0 aromatic heterocycles. The maximum atomic E-state index is 13.0. The van der Waals surface area contributed by atoms with Crippen molar-refractivity contribution in [3.8, 4) is 0 Å².